The molecule has 3 heterocycles. The number of nitrogens with zero attached hydrogens (tertiary/aromatic N) is 3. The van der Waals surface area contributed by atoms with Gasteiger partial charge in [-0.15, -0.1) is 0 Å². The number of para-hydroxylation sites is 2. The van der Waals surface area contributed by atoms with E-state index in [1.54, 1.807) is 0 Å². The average molecular weight is 690 g/mol. The van der Waals surface area contributed by atoms with Gasteiger partial charge < -0.3 is 8.83 Å². The molecule has 0 fully saturated rings. The summed E-state index contributed by atoms with van der Waals surface area (Å²) in [6.45, 7) is 0. The second-order valence-corrected chi connectivity index (χ2v) is 13.9. The molecule has 0 saturated heterocycles. The molecule has 8 aromatic carbocycles. The molecule has 0 atom stereocenters. The van der Waals surface area contributed by atoms with Gasteiger partial charge in [-0.2, -0.15) is 0 Å². The minimum absolute atomic E-state index is 0.572. The van der Waals surface area contributed by atoms with Gasteiger partial charge in [0.1, 0.15) is 22.3 Å². The van der Waals surface area contributed by atoms with E-state index in [2.05, 4.69) is 91.0 Å². The van der Waals surface area contributed by atoms with Crippen LogP contribution in [0.15, 0.2) is 173 Å². The Morgan fingerprint density at radius 2 is 0.889 bits per heavy atom. The summed E-state index contributed by atoms with van der Waals surface area (Å²) in [6.07, 6.45) is 0. The smallest absolute Gasteiger partial charge is 0.164 e. The Morgan fingerprint density at radius 3 is 1.69 bits per heavy atom. The normalized spacial score (nSPS) is 12.1. The van der Waals surface area contributed by atoms with Gasteiger partial charge in [-0.25, -0.2) is 15.0 Å². The lowest BCUT2D eigenvalue weighted by molar-refractivity contribution is 0.669. The van der Waals surface area contributed by atoms with Crippen LogP contribution in [0.25, 0.3) is 122 Å². The van der Waals surface area contributed by atoms with Gasteiger partial charge in [0.2, 0.25) is 0 Å². The maximum Gasteiger partial charge on any atom is 0.164 e. The van der Waals surface area contributed by atoms with Crippen LogP contribution in [0.4, 0.5) is 0 Å². The van der Waals surface area contributed by atoms with E-state index in [0.717, 1.165) is 71.7 Å². The summed E-state index contributed by atoms with van der Waals surface area (Å²) in [4.78, 5) is 15.5. The van der Waals surface area contributed by atoms with Gasteiger partial charge in [0.05, 0.1) is 0 Å². The van der Waals surface area contributed by atoms with Crippen molar-refractivity contribution in [3.8, 4) is 67.5 Å². The van der Waals surface area contributed by atoms with Crippen LogP contribution in [0.3, 0.4) is 0 Å². The number of hydrogen-bond acceptors (Lipinski definition) is 5. The van der Waals surface area contributed by atoms with Crippen molar-refractivity contribution in [1.82, 2.24) is 15.0 Å². The summed E-state index contributed by atoms with van der Waals surface area (Å²) in [7, 11) is 0. The maximum atomic E-state index is 6.78. The minimum Gasteiger partial charge on any atom is -0.456 e. The first-order valence-electron chi connectivity index (χ1n) is 18.1. The van der Waals surface area contributed by atoms with Gasteiger partial charge in [-0.05, 0) is 75.0 Å². The minimum atomic E-state index is 0.572. The van der Waals surface area contributed by atoms with Crippen LogP contribution in [0, 0.1) is 0 Å². The zero-order chi connectivity index (χ0) is 35.3. The molecule has 0 spiro atoms. The number of aromatic nitrogens is 3. The van der Waals surface area contributed by atoms with Gasteiger partial charge >= 0.3 is 0 Å². The van der Waals surface area contributed by atoms with Crippen molar-refractivity contribution in [2.24, 2.45) is 0 Å². The van der Waals surface area contributed by atoms with Gasteiger partial charge in [0.25, 0.3) is 0 Å². The number of fused-ring (bicyclic) bond motifs is 9. The van der Waals surface area contributed by atoms with E-state index in [-0.39, 0.29) is 0 Å². The Bertz CT molecular complexity index is 3330. The van der Waals surface area contributed by atoms with E-state index in [1.165, 1.54) is 33.0 Å². The number of rotatable bonds is 4. The Hall–Kier alpha value is -7.37. The van der Waals surface area contributed by atoms with E-state index < -0.39 is 0 Å². The van der Waals surface area contributed by atoms with Crippen molar-refractivity contribution in [1.29, 1.82) is 0 Å². The van der Waals surface area contributed by atoms with Crippen molar-refractivity contribution in [3.63, 3.8) is 0 Å². The fraction of sp³-hybridized carbons (Fsp3) is 0. The number of furan rings is 2. The van der Waals surface area contributed by atoms with Crippen LogP contribution in [-0.2, 0) is 0 Å². The summed E-state index contributed by atoms with van der Waals surface area (Å²) in [5, 5.41) is 6.55. The first-order valence-corrected chi connectivity index (χ1v) is 18.1. The summed E-state index contributed by atoms with van der Waals surface area (Å²) >= 11 is 0. The Balaban J connectivity index is 1.11. The van der Waals surface area contributed by atoms with Crippen molar-refractivity contribution < 1.29 is 8.83 Å². The molecule has 0 aliphatic heterocycles. The largest absolute Gasteiger partial charge is 0.456 e. The molecule has 0 unspecified atom stereocenters. The Kier molecular flexibility index (Phi) is 5.99. The quantitative estimate of drug-likeness (QED) is 0.184. The van der Waals surface area contributed by atoms with Crippen LogP contribution in [0.2, 0.25) is 0 Å². The van der Waals surface area contributed by atoms with Crippen LogP contribution >= 0.6 is 0 Å². The molecule has 0 amide bonds. The third-order valence-electron chi connectivity index (χ3n) is 10.9. The van der Waals surface area contributed by atoms with Crippen molar-refractivity contribution in [2.45, 2.75) is 0 Å². The number of benzene rings is 8. The lowest BCUT2D eigenvalue weighted by Crippen LogP contribution is -2.01. The van der Waals surface area contributed by atoms with E-state index in [9.17, 15) is 0 Å². The SMILES string of the molecule is c1ccc(-c2nc(-c3cccc4oc5ccccc5c34)nc(-c3ccc(-c4ccc5c(c4)-c4cccc6cccc-5c46)c4oc5ccccc5c34)n2)cc1. The highest BCUT2D eigenvalue weighted by molar-refractivity contribution is 6.18. The van der Waals surface area contributed by atoms with Crippen LogP contribution < -0.4 is 0 Å². The second kappa shape index (κ2) is 11.1. The summed E-state index contributed by atoms with van der Waals surface area (Å²) < 4.78 is 13.1. The molecule has 250 valence electrons. The molecular weight excluding hydrogens is 663 g/mol. The zero-order valence-electron chi connectivity index (χ0n) is 28.7. The van der Waals surface area contributed by atoms with Gasteiger partial charge in [-0.1, -0.05) is 127 Å². The topological polar surface area (TPSA) is 65.0 Å². The average Bonchev–Trinajstić information content (AvgIpc) is 3.92. The molecule has 1 aliphatic carbocycles. The first-order chi connectivity index (χ1) is 26.8. The fourth-order valence-corrected chi connectivity index (χ4v) is 8.50. The summed E-state index contributed by atoms with van der Waals surface area (Å²) in [5.74, 6) is 1.74. The molecular formula is C49H27N3O2. The van der Waals surface area contributed by atoms with E-state index in [4.69, 9.17) is 23.8 Å². The van der Waals surface area contributed by atoms with Crippen molar-refractivity contribution >= 4 is 54.6 Å². The molecule has 0 bridgehead atoms. The van der Waals surface area contributed by atoms with Crippen LogP contribution in [0.1, 0.15) is 0 Å². The third-order valence-corrected chi connectivity index (χ3v) is 10.9. The van der Waals surface area contributed by atoms with Gasteiger partial charge in [0, 0.05) is 43.8 Å². The Morgan fingerprint density at radius 1 is 0.315 bits per heavy atom. The molecule has 0 saturated carbocycles. The van der Waals surface area contributed by atoms with Gasteiger partial charge in [0.15, 0.2) is 17.5 Å². The Labute approximate surface area is 308 Å². The molecule has 5 heteroatoms. The lowest BCUT2D eigenvalue weighted by atomic mass is 9.94. The van der Waals surface area contributed by atoms with Crippen LogP contribution in [-0.4, -0.2) is 15.0 Å². The third kappa shape index (κ3) is 4.18. The number of hydrogen-bond donors (Lipinski definition) is 0. The highest BCUT2D eigenvalue weighted by Gasteiger charge is 2.25. The van der Waals surface area contributed by atoms with Crippen LogP contribution in [0.5, 0.6) is 0 Å². The highest BCUT2D eigenvalue weighted by atomic mass is 16.3. The monoisotopic (exact) mass is 689 g/mol. The van der Waals surface area contributed by atoms with Crippen molar-refractivity contribution in [3.05, 3.63) is 164 Å². The molecule has 12 rings (SSSR count). The zero-order valence-corrected chi connectivity index (χ0v) is 28.7. The van der Waals surface area contributed by atoms with Gasteiger partial charge in [-0.3, -0.25) is 0 Å². The predicted octanol–water partition coefficient (Wildman–Crippen LogP) is 13.1. The van der Waals surface area contributed by atoms with E-state index >= 15 is 0 Å². The van der Waals surface area contributed by atoms with Crippen molar-refractivity contribution in [2.75, 3.05) is 0 Å². The standard InChI is InChI=1S/C49H27N3O2/c1-2-11-29(12-3-1)47-50-48(37-19-10-22-42-44(37)35-15-4-6-20-40(35)53-42)52-49(51-47)38-26-25-31(46-45(38)36-16-5-7-21-41(36)54-46)30-23-24-32-33-17-8-13-28-14-9-18-34(43(28)33)39(32)27-30/h1-27H. The molecule has 54 heavy (non-hydrogen) atoms. The molecule has 11 aromatic rings. The van der Waals surface area contributed by atoms with E-state index in [1.807, 2.05) is 72.8 Å². The molecule has 3 aromatic heterocycles. The first kappa shape index (κ1) is 29.2. The maximum absolute atomic E-state index is 6.78. The van der Waals surface area contributed by atoms with E-state index in [0.29, 0.717) is 17.5 Å². The molecule has 1 aliphatic rings. The predicted molar refractivity (Wildman–Crippen MR) is 218 cm³/mol. The summed E-state index contributed by atoms with van der Waals surface area (Å²) in [6, 6.07) is 56.7. The molecule has 5 nitrogen and oxygen atoms in total. The highest BCUT2D eigenvalue weighted by Crippen LogP contribution is 2.49. The summed E-state index contributed by atoms with van der Waals surface area (Å²) in [5.41, 5.74) is 13.1. The fourth-order valence-electron chi connectivity index (χ4n) is 8.50. The second-order valence-electron chi connectivity index (χ2n) is 13.9. The lowest BCUT2D eigenvalue weighted by Gasteiger charge is -2.12. The molecule has 0 N–H and O–H groups in total. The molecule has 0 radical (unpaired) electrons.